The number of carbonyl (C=O) groups excluding carboxylic acids is 1. The van der Waals surface area contributed by atoms with Crippen molar-refractivity contribution in [2.75, 3.05) is 11.9 Å². The van der Waals surface area contributed by atoms with Crippen molar-refractivity contribution in [2.24, 2.45) is 0 Å². The molecule has 0 aliphatic heterocycles. The first kappa shape index (κ1) is 15.7. The number of thiophene rings is 1. The quantitative estimate of drug-likeness (QED) is 0.717. The molecule has 3 rings (SSSR count). The number of amides is 1. The molecule has 0 fully saturated rings. The van der Waals surface area contributed by atoms with E-state index in [1.807, 2.05) is 49.6 Å². The molecule has 0 saturated heterocycles. The number of nitrogens with zero attached hydrogens (tertiary/aromatic N) is 1. The van der Waals surface area contributed by atoms with Crippen LogP contribution in [0.2, 0.25) is 0 Å². The van der Waals surface area contributed by atoms with Crippen molar-refractivity contribution in [3.63, 3.8) is 0 Å². The zero-order valence-electron chi connectivity index (χ0n) is 13.1. The van der Waals surface area contributed by atoms with Gasteiger partial charge in [-0.1, -0.05) is 6.07 Å². The molecule has 0 atom stereocenters. The molecule has 5 nitrogen and oxygen atoms in total. The Morgan fingerprint density at radius 3 is 3.00 bits per heavy atom. The highest BCUT2D eigenvalue weighted by Crippen LogP contribution is 2.25. The van der Waals surface area contributed by atoms with E-state index in [1.165, 1.54) is 0 Å². The number of carbonyl (C=O) groups is 1. The third-order valence-corrected chi connectivity index (χ3v) is 4.18. The minimum absolute atomic E-state index is 0.0528. The minimum atomic E-state index is -0.0528. The molecular formula is C17H19N3O2S. The summed E-state index contributed by atoms with van der Waals surface area (Å²) in [6.45, 7) is 4.34. The van der Waals surface area contributed by atoms with Gasteiger partial charge in [-0.25, -0.2) is 4.98 Å². The first-order valence-corrected chi connectivity index (χ1v) is 8.45. The average molecular weight is 329 g/mol. The van der Waals surface area contributed by atoms with Gasteiger partial charge in [-0.15, -0.1) is 11.3 Å². The van der Waals surface area contributed by atoms with E-state index < -0.39 is 0 Å². The molecule has 0 radical (unpaired) electrons. The van der Waals surface area contributed by atoms with Gasteiger partial charge in [-0.05, 0) is 43.5 Å². The number of benzene rings is 1. The van der Waals surface area contributed by atoms with E-state index in [0.29, 0.717) is 13.0 Å². The molecule has 0 aliphatic carbocycles. The summed E-state index contributed by atoms with van der Waals surface area (Å²) in [4.78, 5) is 20.9. The van der Waals surface area contributed by atoms with Crippen molar-refractivity contribution in [2.45, 2.75) is 26.4 Å². The van der Waals surface area contributed by atoms with Gasteiger partial charge in [0.25, 0.3) is 0 Å². The fraction of sp³-hybridized carbons (Fsp3) is 0.294. The number of hydrogen-bond donors (Lipinski definition) is 2. The Kier molecular flexibility index (Phi) is 4.73. The van der Waals surface area contributed by atoms with Gasteiger partial charge in [0.05, 0.1) is 35.0 Å². The van der Waals surface area contributed by atoms with Crippen LogP contribution in [0.25, 0.3) is 21.7 Å². The highest BCUT2D eigenvalue weighted by molar-refractivity contribution is 7.13. The van der Waals surface area contributed by atoms with Gasteiger partial charge in [-0.2, -0.15) is 0 Å². The molecule has 0 aliphatic rings. The summed E-state index contributed by atoms with van der Waals surface area (Å²) in [6.07, 6.45) is 0.486. The van der Waals surface area contributed by atoms with Crippen molar-refractivity contribution in [1.29, 1.82) is 0 Å². The Bertz CT molecular complexity index is 793. The number of aromatic amines is 1. The standard InChI is InChI=1S/C17H19N3O2S/c1-11(2)22-8-7-16(21)18-12-5-6-13-14(10-12)20-17(19-13)15-4-3-9-23-15/h3-6,9-11H,7-8H2,1-2H3,(H,18,21)(H,19,20). The second kappa shape index (κ2) is 6.93. The zero-order chi connectivity index (χ0) is 16.2. The van der Waals surface area contributed by atoms with Gasteiger partial charge in [0, 0.05) is 5.69 Å². The third-order valence-electron chi connectivity index (χ3n) is 3.30. The van der Waals surface area contributed by atoms with E-state index in [2.05, 4.69) is 15.3 Å². The number of anilines is 1. The van der Waals surface area contributed by atoms with E-state index in [1.54, 1.807) is 11.3 Å². The molecule has 3 aromatic rings. The summed E-state index contributed by atoms with van der Waals surface area (Å²) in [5.74, 6) is 0.798. The van der Waals surface area contributed by atoms with Crippen LogP contribution >= 0.6 is 11.3 Å². The summed E-state index contributed by atoms with van der Waals surface area (Å²) in [5.41, 5.74) is 2.55. The molecule has 0 bridgehead atoms. The van der Waals surface area contributed by atoms with E-state index in [0.717, 1.165) is 27.4 Å². The fourth-order valence-corrected chi connectivity index (χ4v) is 2.90. The zero-order valence-corrected chi connectivity index (χ0v) is 13.9. The second-order valence-electron chi connectivity index (χ2n) is 5.51. The summed E-state index contributed by atoms with van der Waals surface area (Å²) in [5, 5.41) is 4.91. The Morgan fingerprint density at radius 2 is 2.26 bits per heavy atom. The molecule has 120 valence electrons. The molecule has 6 heteroatoms. The summed E-state index contributed by atoms with van der Waals surface area (Å²) in [6, 6.07) is 9.70. The lowest BCUT2D eigenvalue weighted by Crippen LogP contribution is -2.15. The lowest BCUT2D eigenvalue weighted by Gasteiger charge is -2.08. The predicted molar refractivity (Wildman–Crippen MR) is 93.7 cm³/mol. The lowest BCUT2D eigenvalue weighted by atomic mass is 10.2. The van der Waals surface area contributed by atoms with E-state index in [4.69, 9.17) is 4.74 Å². The first-order chi connectivity index (χ1) is 11.1. The van der Waals surface area contributed by atoms with Gasteiger partial charge in [0.2, 0.25) is 5.91 Å². The predicted octanol–water partition coefficient (Wildman–Crippen LogP) is 4.05. The highest BCUT2D eigenvalue weighted by atomic mass is 32.1. The molecule has 2 N–H and O–H groups in total. The van der Waals surface area contributed by atoms with E-state index in [9.17, 15) is 4.79 Å². The van der Waals surface area contributed by atoms with Crippen LogP contribution in [0.3, 0.4) is 0 Å². The maximum atomic E-state index is 11.9. The number of hydrogen-bond acceptors (Lipinski definition) is 4. The van der Waals surface area contributed by atoms with Crippen molar-refractivity contribution in [3.05, 3.63) is 35.7 Å². The van der Waals surface area contributed by atoms with Crippen LogP contribution < -0.4 is 5.32 Å². The molecule has 23 heavy (non-hydrogen) atoms. The SMILES string of the molecule is CC(C)OCCC(=O)Nc1ccc2nc(-c3cccs3)[nH]c2c1. The highest BCUT2D eigenvalue weighted by Gasteiger charge is 2.08. The van der Waals surface area contributed by atoms with Gasteiger partial charge < -0.3 is 15.0 Å². The molecule has 0 unspecified atom stereocenters. The second-order valence-corrected chi connectivity index (χ2v) is 6.46. The number of imidazole rings is 1. The first-order valence-electron chi connectivity index (χ1n) is 7.57. The molecule has 0 saturated carbocycles. The molecule has 2 aromatic heterocycles. The molecular weight excluding hydrogens is 310 g/mol. The monoisotopic (exact) mass is 329 g/mol. The van der Waals surface area contributed by atoms with Crippen molar-refractivity contribution in [3.8, 4) is 10.7 Å². The number of ether oxygens (including phenoxy) is 1. The number of H-pyrrole nitrogens is 1. The van der Waals surface area contributed by atoms with Crippen LogP contribution in [-0.2, 0) is 9.53 Å². The lowest BCUT2D eigenvalue weighted by molar-refractivity contribution is -0.117. The van der Waals surface area contributed by atoms with Gasteiger partial charge in [-0.3, -0.25) is 4.79 Å². The maximum absolute atomic E-state index is 11.9. The summed E-state index contributed by atoms with van der Waals surface area (Å²) >= 11 is 1.64. The third kappa shape index (κ3) is 3.97. The van der Waals surface area contributed by atoms with Crippen molar-refractivity contribution in [1.82, 2.24) is 9.97 Å². The summed E-state index contributed by atoms with van der Waals surface area (Å²) < 4.78 is 5.39. The Morgan fingerprint density at radius 1 is 1.39 bits per heavy atom. The molecule has 1 amide bonds. The van der Waals surface area contributed by atoms with E-state index in [-0.39, 0.29) is 12.0 Å². The van der Waals surface area contributed by atoms with Crippen LogP contribution in [0.1, 0.15) is 20.3 Å². The minimum Gasteiger partial charge on any atom is -0.378 e. The Balaban J connectivity index is 1.69. The fourth-order valence-electron chi connectivity index (χ4n) is 2.23. The normalized spacial score (nSPS) is 11.3. The van der Waals surface area contributed by atoms with Crippen LogP contribution in [0.5, 0.6) is 0 Å². The topological polar surface area (TPSA) is 67.0 Å². The molecule has 1 aromatic carbocycles. The number of aromatic nitrogens is 2. The molecule has 2 heterocycles. The Hall–Kier alpha value is -2.18. The number of nitrogens with one attached hydrogen (secondary N) is 2. The number of fused-ring (bicyclic) bond motifs is 1. The Labute approximate surface area is 138 Å². The average Bonchev–Trinajstić information content (AvgIpc) is 3.15. The summed E-state index contributed by atoms with van der Waals surface area (Å²) in [7, 11) is 0. The van der Waals surface area contributed by atoms with Crippen molar-refractivity contribution >= 4 is 34.0 Å². The van der Waals surface area contributed by atoms with Crippen molar-refractivity contribution < 1.29 is 9.53 Å². The molecule has 0 spiro atoms. The van der Waals surface area contributed by atoms with Gasteiger partial charge in [0.15, 0.2) is 0 Å². The number of rotatable bonds is 6. The largest absolute Gasteiger partial charge is 0.378 e. The van der Waals surface area contributed by atoms with Gasteiger partial charge in [0.1, 0.15) is 5.82 Å². The van der Waals surface area contributed by atoms with Crippen LogP contribution in [0, 0.1) is 0 Å². The maximum Gasteiger partial charge on any atom is 0.226 e. The smallest absolute Gasteiger partial charge is 0.226 e. The van der Waals surface area contributed by atoms with Gasteiger partial charge >= 0.3 is 0 Å². The van der Waals surface area contributed by atoms with Crippen LogP contribution in [-0.4, -0.2) is 28.6 Å². The van der Waals surface area contributed by atoms with Crippen LogP contribution in [0.4, 0.5) is 5.69 Å². The van der Waals surface area contributed by atoms with E-state index >= 15 is 0 Å². The van der Waals surface area contributed by atoms with Crippen LogP contribution in [0.15, 0.2) is 35.7 Å².